The van der Waals surface area contributed by atoms with Gasteiger partial charge >= 0.3 is 24.1 Å². The summed E-state index contributed by atoms with van der Waals surface area (Å²) >= 11 is 0. The molecule has 2 N–H and O–H groups in total. The van der Waals surface area contributed by atoms with Crippen molar-refractivity contribution in [2.75, 3.05) is 13.2 Å². The summed E-state index contributed by atoms with van der Waals surface area (Å²) in [5, 5.41) is 5.41. The van der Waals surface area contributed by atoms with E-state index in [-0.39, 0.29) is 49.3 Å². The van der Waals surface area contributed by atoms with Gasteiger partial charge in [-0.3, -0.25) is 18.4 Å². The molecule has 380 valence electrons. The zero-order chi connectivity index (χ0) is 52.4. The minimum Gasteiger partial charge on any atom is -0.462 e. The molecule has 0 aliphatic heterocycles. The maximum Gasteiger partial charge on any atom is 0.407 e. The van der Waals surface area contributed by atoms with Crippen molar-refractivity contribution in [1.29, 1.82) is 0 Å². The van der Waals surface area contributed by atoms with Gasteiger partial charge in [0.05, 0.1) is 24.2 Å². The third kappa shape index (κ3) is 12.0. The van der Waals surface area contributed by atoms with E-state index in [1.807, 2.05) is 24.3 Å². The standard InChI is InChI=1S/2C28H31FN2O5/c2*1-6-35-26(33)21-13-20(18-11-12-18)24-16(2)23(22(29)15-31(24)25(21)32)19-9-7-17(8-10-19)14-30-27(34)36-28(3,4)5/h2*7-10,13,15,18H,6,11-12,14H2,1-5H3,(H,30,34). The smallest absolute Gasteiger partial charge is 0.407 e. The number of benzene rings is 2. The summed E-state index contributed by atoms with van der Waals surface area (Å²) in [5.41, 5.74) is 5.46. The second-order valence-corrected chi connectivity index (χ2v) is 20.1. The van der Waals surface area contributed by atoms with Gasteiger partial charge in [0.15, 0.2) is 0 Å². The van der Waals surface area contributed by atoms with Crippen molar-refractivity contribution >= 4 is 35.2 Å². The molecular weight excluding hydrogens is 927 g/mol. The lowest BCUT2D eigenvalue weighted by Crippen LogP contribution is -2.32. The predicted octanol–water partition coefficient (Wildman–Crippen LogP) is 11.0. The number of hydrogen-bond acceptors (Lipinski definition) is 10. The highest BCUT2D eigenvalue weighted by Gasteiger charge is 2.32. The number of hydrogen-bond donors (Lipinski definition) is 2. The first-order valence-electron chi connectivity index (χ1n) is 24.2. The van der Waals surface area contributed by atoms with E-state index >= 15 is 8.78 Å². The number of fused-ring (bicyclic) bond motifs is 2. The molecule has 14 nitrogen and oxygen atoms in total. The number of carbonyl (C=O) groups excluding carboxylic acids is 4. The number of pyridine rings is 4. The Kier molecular flexibility index (Phi) is 15.4. The Morgan fingerprint density at radius 3 is 1.21 bits per heavy atom. The Morgan fingerprint density at radius 1 is 0.583 bits per heavy atom. The van der Waals surface area contributed by atoms with Crippen molar-refractivity contribution in [3.63, 3.8) is 0 Å². The fraction of sp³-hybridized carbons (Fsp3) is 0.393. The highest BCUT2D eigenvalue weighted by molar-refractivity contribution is 5.92. The molecule has 0 atom stereocenters. The van der Waals surface area contributed by atoms with Crippen LogP contribution in [0.4, 0.5) is 18.4 Å². The van der Waals surface area contributed by atoms with Crippen molar-refractivity contribution in [3.05, 3.63) is 150 Å². The van der Waals surface area contributed by atoms with E-state index < -0.39 is 58.1 Å². The third-order valence-electron chi connectivity index (χ3n) is 12.1. The SMILES string of the molecule is CCOC(=O)c1cc(C2CC2)c2c(C)c(-c3ccc(CNC(=O)OC(C)(C)C)cc3)c(F)cn2c1=O.CCOC(=O)c1cc(C2CC2)c2c(C)c(-c3ccc(CNC(=O)OC(C)(C)C)cc3)c(F)cn2c1=O. The molecule has 4 heterocycles. The quantitative estimate of drug-likeness (QED) is 0.0888. The highest BCUT2D eigenvalue weighted by atomic mass is 19.1. The fourth-order valence-corrected chi connectivity index (χ4v) is 8.69. The van der Waals surface area contributed by atoms with Gasteiger partial charge in [0.25, 0.3) is 11.1 Å². The molecule has 2 aliphatic carbocycles. The van der Waals surface area contributed by atoms with E-state index in [9.17, 15) is 28.8 Å². The minimum absolute atomic E-state index is 0.0790. The first kappa shape index (κ1) is 52.5. The fourth-order valence-electron chi connectivity index (χ4n) is 8.69. The Hall–Kier alpha value is -7.36. The second kappa shape index (κ2) is 21.2. The summed E-state index contributed by atoms with van der Waals surface area (Å²) in [6, 6.07) is 17.6. The summed E-state index contributed by atoms with van der Waals surface area (Å²) in [7, 11) is 0. The molecular formula is C56H62F2N4O10. The molecule has 0 unspecified atom stereocenters. The molecule has 2 amide bonds. The molecule has 2 fully saturated rings. The number of amides is 2. The van der Waals surface area contributed by atoms with Gasteiger partial charge in [-0.1, -0.05) is 48.5 Å². The predicted molar refractivity (Wildman–Crippen MR) is 270 cm³/mol. The summed E-state index contributed by atoms with van der Waals surface area (Å²) in [6.07, 6.45) is 5.08. The molecule has 0 bridgehead atoms. The summed E-state index contributed by atoms with van der Waals surface area (Å²) in [6.45, 7) is 18.5. The van der Waals surface area contributed by atoms with Crippen molar-refractivity contribution in [2.24, 2.45) is 0 Å². The average molecular weight is 989 g/mol. The molecule has 4 aromatic heterocycles. The van der Waals surface area contributed by atoms with E-state index in [4.69, 9.17) is 18.9 Å². The van der Waals surface area contributed by atoms with E-state index in [1.165, 1.54) is 8.80 Å². The van der Waals surface area contributed by atoms with Gasteiger partial charge in [-0.15, -0.1) is 0 Å². The Bertz CT molecular complexity index is 2980. The summed E-state index contributed by atoms with van der Waals surface area (Å²) in [5.74, 6) is -2.10. The zero-order valence-electron chi connectivity index (χ0n) is 42.5. The summed E-state index contributed by atoms with van der Waals surface area (Å²) in [4.78, 5) is 74.8. The van der Waals surface area contributed by atoms with Crippen LogP contribution in [0.15, 0.2) is 82.6 Å². The lowest BCUT2D eigenvalue weighted by molar-refractivity contribution is 0.0512. The van der Waals surface area contributed by atoms with Crippen molar-refractivity contribution in [3.8, 4) is 22.3 Å². The topological polar surface area (TPSA) is 172 Å². The number of aromatic nitrogens is 2. The number of nitrogens with zero attached hydrogens (tertiary/aromatic N) is 2. The number of rotatable bonds is 12. The molecule has 2 aliphatic rings. The first-order valence-corrected chi connectivity index (χ1v) is 24.2. The molecule has 6 aromatic rings. The third-order valence-corrected chi connectivity index (χ3v) is 12.1. The van der Waals surface area contributed by atoms with Crippen LogP contribution in [0.2, 0.25) is 0 Å². The number of ether oxygens (including phenoxy) is 4. The van der Waals surface area contributed by atoms with E-state index in [0.717, 1.165) is 60.3 Å². The van der Waals surface area contributed by atoms with Crippen molar-refractivity contribution < 1.29 is 46.9 Å². The van der Waals surface area contributed by atoms with Crippen LogP contribution in [0.5, 0.6) is 0 Å². The second-order valence-electron chi connectivity index (χ2n) is 20.1. The van der Waals surface area contributed by atoms with Gasteiger partial charge < -0.3 is 29.6 Å². The normalized spacial score (nSPS) is 13.5. The minimum atomic E-state index is -0.698. The van der Waals surface area contributed by atoms with Crippen LogP contribution < -0.4 is 21.8 Å². The van der Waals surface area contributed by atoms with Crippen molar-refractivity contribution in [1.82, 2.24) is 19.4 Å². The molecule has 0 spiro atoms. The Balaban J connectivity index is 0.000000211. The molecule has 16 heteroatoms. The maximum absolute atomic E-state index is 15.4. The number of aryl methyl sites for hydroxylation is 2. The van der Waals surface area contributed by atoms with Gasteiger partial charge in [-0.05, 0) is 163 Å². The van der Waals surface area contributed by atoms with E-state index in [1.54, 1.807) is 106 Å². The lowest BCUT2D eigenvalue weighted by atomic mass is 9.95. The van der Waals surface area contributed by atoms with Gasteiger partial charge in [0.1, 0.15) is 34.0 Å². The van der Waals surface area contributed by atoms with Gasteiger partial charge in [0, 0.05) is 36.6 Å². The maximum atomic E-state index is 15.4. The highest BCUT2D eigenvalue weighted by Crippen LogP contribution is 2.45. The number of halogens is 2. The molecule has 72 heavy (non-hydrogen) atoms. The van der Waals surface area contributed by atoms with E-state index in [2.05, 4.69) is 10.6 Å². The van der Waals surface area contributed by atoms with Crippen molar-refractivity contribution in [2.45, 2.75) is 131 Å². The Labute approximate surface area is 416 Å². The number of nitrogens with one attached hydrogen (secondary N) is 2. The molecule has 0 saturated heterocycles. The first-order chi connectivity index (χ1) is 34.0. The molecule has 2 saturated carbocycles. The number of alkyl carbamates (subject to hydrolysis) is 2. The largest absolute Gasteiger partial charge is 0.462 e. The molecule has 2 aromatic carbocycles. The number of esters is 2. The van der Waals surface area contributed by atoms with Crippen LogP contribution in [-0.4, -0.2) is 57.3 Å². The van der Waals surface area contributed by atoms with Gasteiger partial charge in [0.2, 0.25) is 0 Å². The van der Waals surface area contributed by atoms with Crippen LogP contribution in [0, 0.1) is 25.5 Å². The molecule has 8 rings (SSSR count). The average Bonchev–Trinajstić information content (AvgIpc) is 4.24. The van der Waals surface area contributed by atoms with Crippen LogP contribution >= 0.6 is 0 Å². The van der Waals surface area contributed by atoms with Crippen LogP contribution in [0.3, 0.4) is 0 Å². The zero-order valence-corrected chi connectivity index (χ0v) is 42.5. The monoisotopic (exact) mass is 988 g/mol. The Morgan fingerprint density at radius 2 is 0.917 bits per heavy atom. The lowest BCUT2D eigenvalue weighted by Gasteiger charge is -2.19. The van der Waals surface area contributed by atoms with Gasteiger partial charge in [-0.2, -0.15) is 0 Å². The molecule has 0 radical (unpaired) electrons. The van der Waals surface area contributed by atoms with Crippen LogP contribution in [0.1, 0.15) is 147 Å². The number of carbonyl (C=O) groups is 4. The summed E-state index contributed by atoms with van der Waals surface area (Å²) < 4.78 is 54.0. The van der Waals surface area contributed by atoms with Crippen LogP contribution in [0.25, 0.3) is 33.3 Å². The van der Waals surface area contributed by atoms with E-state index in [0.29, 0.717) is 44.4 Å². The van der Waals surface area contributed by atoms with Crippen LogP contribution in [-0.2, 0) is 32.0 Å². The van der Waals surface area contributed by atoms with Gasteiger partial charge in [-0.25, -0.2) is 28.0 Å².